The Morgan fingerprint density at radius 1 is 0.569 bits per heavy atom. The highest BCUT2D eigenvalue weighted by Crippen LogP contribution is 2.43. The summed E-state index contributed by atoms with van der Waals surface area (Å²) in [5.41, 5.74) is 5.38. The minimum atomic E-state index is -4.36. The number of nitrogens with one attached hydrogen (secondary N) is 1. The Morgan fingerprint density at radius 3 is 1.45 bits per heavy atom. The van der Waals surface area contributed by atoms with Crippen LogP contribution in [0.1, 0.15) is 200 Å². The van der Waals surface area contributed by atoms with Crippen LogP contribution in [0.15, 0.2) is 72.9 Å². The van der Waals surface area contributed by atoms with Gasteiger partial charge in [0, 0.05) is 13.0 Å². The van der Waals surface area contributed by atoms with E-state index >= 15 is 0 Å². The molecule has 0 saturated carbocycles. The number of carbonyl (C=O) groups is 1. The number of hydrogen-bond donors (Lipinski definition) is 4. The van der Waals surface area contributed by atoms with E-state index < -0.39 is 20.0 Å². The van der Waals surface area contributed by atoms with Crippen molar-refractivity contribution in [2.75, 3.05) is 19.8 Å². The standard InChI is InChI=1S/C49H89N2O6P/c1-3-5-7-9-11-13-15-17-19-21-22-23-24-25-26-27-29-31-33-35-37-39-41-43-49(53)51-47(46-57-58(54,55)56-45-44-50)48(52)42-40-38-36-34-32-30-28-20-18-16-14-12-10-8-6-4-2/h15,17-18,20-22,24-25,32,34,40,42,47-48,52H,3-14,16,19,23,26-31,33,35-39,41,43-46,50H2,1-2H3,(H,51,53)(H,54,55)/b17-15-,20-18+,22-21-,25-24-,34-32+,42-40+. The van der Waals surface area contributed by atoms with Crippen molar-refractivity contribution in [2.24, 2.45) is 5.73 Å². The number of phosphoric acid groups is 1. The van der Waals surface area contributed by atoms with Crippen LogP contribution in [0.4, 0.5) is 0 Å². The Morgan fingerprint density at radius 2 is 0.966 bits per heavy atom. The van der Waals surface area contributed by atoms with Crippen LogP contribution in [-0.4, -0.2) is 47.8 Å². The largest absolute Gasteiger partial charge is 0.472 e. The molecule has 0 spiro atoms. The summed E-state index contributed by atoms with van der Waals surface area (Å²) in [5.74, 6) is -0.218. The molecular weight excluding hydrogens is 744 g/mol. The SMILES string of the molecule is CCCCCCC/C=C\C/C=C\C/C=C\CCCCCCCCCCC(=O)NC(COP(=O)(O)OCCN)C(O)/C=C/CC/C=C/CC/C=C/CCCCCCCC. The van der Waals surface area contributed by atoms with Gasteiger partial charge in [0.2, 0.25) is 5.91 Å². The van der Waals surface area contributed by atoms with Crippen LogP contribution in [0.2, 0.25) is 0 Å². The fourth-order valence-corrected chi connectivity index (χ4v) is 7.16. The average Bonchev–Trinajstić information content (AvgIpc) is 3.21. The van der Waals surface area contributed by atoms with Crippen LogP contribution in [0.3, 0.4) is 0 Å². The number of rotatable bonds is 43. The molecule has 0 aliphatic rings. The second-order valence-electron chi connectivity index (χ2n) is 15.6. The van der Waals surface area contributed by atoms with Gasteiger partial charge in [-0.1, -0.05) is 183 Å². The zero-order valence-electron chi connectivity index (χ0n) is 37.3. The Labute approximate surface area is 357 Å². The van der Waals surface area contributed by atoms with Gasteiger partial charge in [-0.2, -0.15) is 0 Å². The van der Waals surface area contributed by atoms with E-state index in [1.807, 2.05) is 6.08 Å². The van der Waals surface area contributed by atoms with Gasteiger partial charge in [0.15, 0.2) is 0 Å². The van der Waals surface area contributed by atoms with Crippen molar-refractivity contribution in [3.05, 3.63) is 72.9 Å². The topological polar surface area (TPSA) is 131 Å². The molecule has 0 heterocycles. The van der Waals surface area contributed by atoms with E-state index in [-0.39, 0.29) is 25.7 Å². The predicted molar refractivity (Wildman–Crippen MR) is 249 cm³/mol. The summed E-state index contributed by atoms with van der Waals surface area (Å²) in [4.78, 5) is 22.7. The summed E-state index contributed by atoms with van der Waals surface area (Å²) in [5, 5.41) is 13.7. The van der Waals surface area contributed by atoms with E-state index in [1.54, 1.807) is 6.08 Å². The molecule has 0 radical (unpaired) electrons. The van der Waals surface area contributed by atoms with Crippen LogP contribution < -0.4 is 11.1 Å². The number of aliphatic hydroxyl groups is 1. The molecule has 0 rings (SSSR count). The third-order valence-electron chi connectivity index (χ3n) is 9.98. The zero-order valence-corrected chi connectivity index (χ0v) is 38.2. The van der Waals surface area contributed by atoms with Gasteiger partial charge >= 0.3 is 7.82 Å². The lowest BCUT2D eigenvalue weighted by atomic mass is 10.1. The average molecular weight is 833 g/mol. The highest BCUT2D eigenvalue weighted by atomic mass is 31.2. The van der Waals surface area contributed by atoms with Gasteiger partial charge in [0.25, 0.3) is 0 Å². The van der Waals surface area contributed by atoms with Gasteiger partial charge in [-0.3, -0.25) is 13.8 Å². The van der Waals surface area contributed by atoms with Gasteiger partial charge in [-0.05, 0) is 83.5 Å². The number of unbranched alkanes of at least 4 members (excludes halogenated alkanes) is 21. The highest BCUT2D eigenvalue weighted by molar-refractivity contribution is 7.47. The Kier molecular flexibility index (Phi) is 42.9. The Bertz CT molecular complexity index is 1130. The fourth-order valence-electron chi connectivity index (χ4n) is 6.40. The summed E-state index contributed by atoms with van der Waals surface area (Å²) in [6, 6.07) is -0.891. The lowest BCUT2D eigenvalue weighted by Crippen LogP contribution is -2.45. The smallest absolute Gasteiger partial charge is 0.387 e. The maximum absolute atomic E-state index is 12.8. The van der Waals surface area contributed by atoms with Gasteiger partial charge < -0.3 is 21.1 Å². The monoisotopic (exact) mass is 833 g/mol. The number of carbonyl (C=O) groups excluding carboxylic acids is 1. The minimum absolute atomic E-state index is 0.0672. The maximum atomic E-state index is 12.8. The van der Waals surface area contributed by atoms with Gasteiger partial charge in [-0.25, -0.2) is 4.57 Å². The van der Waals surface area contributed by atoms with Crippen molar-refractivity contribution >= 4 is 13.7 Å². The summed E-state index contributed by atoms with van der Waals surface area (Å²) >= 11 is 0. The molecule has 0 aliphatic heterocycles. The van der Waals surface area contributed by atoms with Crippen molar-refractivity contribution in [1.29, 1.82) is 0 Å². The molecule has 0 fully saturated rings. The second kappa shape index (κ2) is 44.5. The predicted octanol–water partition coefficient (Wildman–Crippen LogP) is 13.6. The van der Waals surface area contributed by atoms with Crippen LogP contribution in [0.5, 0.6) is 0 Å². The first kappa shape index (κ1) is 55.9. The van der Waals surface area contributed by atoms with Crippen molar-refractivity contribution in [3.8, 4) is 0 Å². The molecule has 0 aromatic carbocycles. The van der Waals surface area contributed by atoms with Crippen molar-refractivity contribution in [2.45, 2.75) is 212 Å². The molecular formula is C49H89N2O6P. The molecule has 3 atom stereocenters. The third kappa shape index (κ3) is 42.1. The van der Waals surface area contributed by atoms with E-state index in [9.17, 15) is 19.4 Å². The normalized spacial score (nSPS) is 14.6. The quantitative estimate of drug-likeness (QED) is 0.0273. The van der Waals surface area contributed by atoms with E-state index in [0.29, 0.717) is 6.42 Å². The molecule has 0 aromatic heterocycles. The number of phosphoric ester groups is 1. The van der Waals surface area contributed by atoms with E-state index in [4.69, 9.17) is 14.8 Å². The molecule has 9 heteroatoms. The van der Waals surface area contributed by atoms with E-state index in [2.05, 4.69) is 79.9 Å². The lowest BCUT2D eigenvalue weighted by molar-refractivity contribution is -0.123. The molecule has 1 amide bonds. The first-order valence-corrected chi connectivity index (χ1v) is 25.1. The third-order valence-corrected chi connectivity index (χ3v) is 11.0. The minimum Gasteiger partial charge on any atom is -0.387 e. The summed E-state index contributed by atoms with van der Waals surface area (Å²) in [7, 11) is -4.36. The van der Waals surface area contributed by atoms with Crippen LogP contribution in [-0.2, 0) is 18.4 Å². The van der Waals surface area contributed by atoms with Gasteiger partial charge in [0.05, 0.1) is 25.4 Å². The van der Waals surface area contributed by atoms with Gasteiger partial charge in [-0.15, -0.1) is 0 Å². The van der Waals surface area contributed by atoms with Crippen molar-refractivity contribution in [3.63, 3.8) is 0 Å². The number of aliphatic hydroxyl groups excluding tert-OH is 1. The summed E-state index contributed by atoms with van der Waals surface area (Å²) in [6.07, 6.45) is 58.1. The Balaban J connectivity index is 4.23. The molecule has 0 aromatic rings. The molecule has 5 N–H and O–H groups in total. The number of hydrogen-bond acceptors (Lipinski definition) is 6. The van der Waals surface area contributed by atoms with Crippen LogP contribution >= 0.6 is 7.82 Å². The van der Waals surface area contributed by atoms with Gasteiger partial charge in [0.1, 0.15) is 0 Å². The fraction of sp³-hybridized carbons (Fsp3) is 0.735. The number of nitrogens with two attached hydrogens (primary N) is 1. The lowest BCUT2D eigenvalue weighted by Gasteiger charge is -2.23. The first-order chi connectivity index (χ1) is 28.4. The molecule has 336 valence electrons. The van der Waals surface area contributed by atoms with Crippen molar-refractivity contribution < 1.29 is 28.4 Å². The number of allylic oxidation sites excluding steroid dienone is 11. The van der Waals surface area contributed by atoms with Crippen molar-refractivity contribution in [1.82, 2.24) is 5.32 Å². The molecule has 0 aliphatic carbocycles. The summed E-state index contributed by atoms with van der Waals surface area (Å²) < 4.78 is 22.1. The summed E-state index contributed by atoms with van der Waals surface area (Å²) in [6.45, 7) is 4.07. The molecule has 3 unspecified atom stereocenters. The van der Waals surface area contributed by atoms with Crippen LogP contribution in [0.25, 0.3) is 0 Å². The first-order valence-electron chi connectivity index (χ1n) is 23.6. The van der Waals surface area contributed by atoms with E-state index in [0.717, 1.165) is 70.6 Å². The molecule has 8 nitrogen and oxygen atoms in total. The Hall–Kier alpha value is -2.06. The molecule has 0 saturated heterocycles. The second-order valence-corrected chi connectivity index (χ2v) is 17.0. The van der Waals surface area contributed by atoms with Crippen LogP contribution in [0, 0.1) is 0 Å². The highest BCUT2D eigenvalue weighted by Gasteiger charge is 2.26. The number of amides is 1. The maximum Gasteiger partial charge on any atom is 0.472 e. The molecule has 58 heavy (non-hydrogen) atoms. The van der Waals surface area contributed by atoms with E-state index in [1.165, 1.54) is 109 Å². The zero-order chi connectivity index (χ0) is 42.5. The molecule has 0 bridgehead atoms.